The topological polar surface area (TPSA) is 12.0 Å². The van der Waals surface area contributed by atoms with Crippen LogP contribution >= 0.6 is 23.5 Å². The monoisotopic (exact) mass is 347 g/mol. The Bertz CT molecular complexity index is 200. The lowest BCUT2D eigenvalue weighted by Crippen LogP contribution is -2.27. The standard InChI is InChI=1S/C19H41NS2/c1-4-7-10-11-12-13-19(22-16-9-6-3)18-20-14-17-21-15-8-5-2/h19-20H,4-18H2,1-3H3. The molecule has 0 aliphatic carbocycles. The summed E-state index contributed by atoms with van der Waals surface area (Å²) in [5.74, 6) is 3.97. The van der Waals surface area contributed by atoms with Gasteiger partial charge in [0.15, 0.2) is 0 Å². The van der Waals surface area contributed by atoms with Crippen molar-refractivity contribution in [1.29, 1.82) is 0 Å². The average molecular weight is 348 g/mol. The summed E-state index contributed by atoms with van der Waals surface area (Å²) >= 11 is 4.32. The fourth-order valence-electron chi connectivity index (χ4n) is 2.37. The lowest BCUT2D eigenvalue weighted by Gasteiger charge is -2.17. The van der Waals surface area contributed by atoms with Gasteiger partial charge >= 0.3 is 0 Å². The van der Waals surface area contributed by atoms with E-state index in [0.717, 1.165) is 5.25 Å². The van der Waals surface area contributed by atoms with E-state index in [1.807, 2.05) is 0 Å². The van der Waals surface area contributed by atoms with E-state index in [9.17, 15) is 0 Å². The molecule has 134 valence electrons. The van der Waals surface area contributed by atoms with Crippen LogP contribution in [0.1, 0.15) is 85.0 Å². The van der Waals surface area contributed by atoms with E-state index in [1.54, 1.807) is 0 Å². The molecule has 1 unspecified atom stereocenters. The van der Waals surface area contributed by atoms with Gasteiger partial charge in [-0.05, 0) is 30.8 Å². The maximum atomic E-state index is 3.70. The first kappa shape index (κ1) is 22.7. The van der Waals surface area contributed by atoms with Crippen LogP contribution in [-0.2, 0) is 0 Å². The Morgan fingerprint density at radius 3 is 2.14 bits per heavy atom. The zero-order valence-corrected chi connectivity index (χ0v) is 17.1. The minimum atomic E-state index is 0.841. The quantitative estimate of drug-likeness (QED) is 0.289. The molecule has 0 spiro atoms. The number of nitrogens with one attached hydrogen (secondary N) is 1. The average Bonchev–Trinajstić information content (AvgIpc) is 2.53. The van der Waals surface area contributed by atoms with Crippen molar-refractivity contribution in [3.63, 3.8) is 0 Å². The van der Waals surface area contributed by atoms with Crippen LogP contribution in [0.15, 0.2) is 0 Å². The third-order valence-corrected chi connectivity index (χ3v) is 6.39. The highest BCUT2D eigenvalue weighted by molar-refractivity contribution is 8.00. The molecular weight excluding hydrogens is 306 g/mol. The molecule has 1 nitrogen and oxygen atoms in total. The van der Waals surface area contributed by atoms with Gasteiger partial charge in [-0.3, -0.25) is 0 Å². The highest BCUT2D eigenvalue weighted by atomic mass is 32.2. The summed E-state index contributed by atoms with van der Waals surface area (Å²) in [7, 11) is 0. The van der Waals surface area contributed by atoms with Crippen molar-refractivity contribution >= 4 is 23.5 Å². The summed E-state index contributed by atoms with van der Waals surface area (Å²) in [6.45, 7) is 9.28. The molecule has 0 aromatic carbocycles. The molecule has 0 saturated carbocycles. The van der Waals surface area contributed by atoms with Crippen LogP contribution < -0.4 is 5.32 Å². The van der Waals surface area contributed by atoms with E-state index < -0.39 is 0 Å². The highest BCUT2D eigenvalue weighted by Gasteiger charge is 2.08. The molecule has 0 aliphatic heterocycles. The Morgan fingerprint density at radius 1 is 0.727 bits per heavy atom. The summed E-state index contributed by atoms with van der Waals surface area (Å²) in [5.41, 5.74) is 0. The Hall–Kier alpha value is 0.660. The van der Waals surface area contributed by atoms with Gasteiger partial charge in [-0.15, -0.1) is 0 Å². The van der Waals surface area contributed by atoms with Gasteiger partial charge < -0.3 is 5.32 Å². The summed E-state index contributed by atoms with van der Waals surface area (Å²) in [6.07, 6.45) is 13.9. The van der Waals surface area contributed by atoms with E-state index >= 15 is 0 Å². The fourth-order valence-corrected chi connectivity index (χ4v) is 4.71. The van der Waals surface area contributed by atoms with Crippen LogP contribution in [0, 0.1) is 0 Å². The van der Waals surface area contributed by atoms with Gasteiger partial charge in [-0.1, -0.05) is 65.7 Å². The first-order valence-corrected chi connectivity index (χ1v) is 12.0. The molecule has 22 heavy (non-hydrogen) atoms. The lowest BCUT2D eigenvalue weighted by molar-refractivity contribution is 0.577. The maximum absolute atomic E-state index is 3.70. The van der Waals surface area contributed by atoms with Crippen molar-refractivity contribution in [3.05, 3.63) is 0 Å². The molecule has 0 bridgehead atoms. The second kappa shape index (κ2) is 19.7. The normalized spacial score (nSPS) is 12.7. The second-order valence-corrected chi connectivity index (χ2v) is 8.85. The molecule has 0 fully saturated rings. The Kier molecular flexibility index (Phi) is 20.3. The summed E-state index contributed by atoms with van der Waals surface area (Å²) < 4.78 is 0. The second-order valence-electron chi connectivity index (χ2n) is 6.22. The van der Waals surface area contributed by atoms with Gasteiger partial charge in [-0.25, -0.2) is 0 Å². The summed E-state index contributed by atoms with van der Waals surface area (Å²) in [4.78, 5) is 0. The smallest absolute Gasteiger partial charge is 0.0172 e. The van der Waals surface area contributed by atoms with Crippen LogP contribution in [0.4, 0.5) is 0 Å². The molecule has 0 rings (SSSR count). The number of unbranched alkanes of at least 4 members (excludes halogenated alkanes) is 6. The highest BCUT2D eigenvalue weighted by Crippen LogP contribution is 2.19. The molecule has 0 saturated heterocycles. The van der Waals surface area contributed by atoms with Crippen LogP contribution in [0.5, 0.6) is 0 Å². The van der Waals surface area contributed by atoms with Crippen molar-refractivity contribution < 1.29 is 0 Å². The number of hydrogen-bond acceptors (Lipinski definition) is 3. The predicted octanol–water partition coefficient (Wildman–Crippen LogP) is 6.37. The van der Waals surface area contributed by atoms with Crippen molar-refractivity contribution in [3.8, 4) is 0 Å². The molecule has 0 radical (unpaired) electrons. The van der Waals surface area contributed by atoms with E-state index in [2.05, 4.69) is 49.6 Å². The first-order valence-electron chi connectivity index (χ1n) is 9.75. The van der Waals surface area contributed by atoms with Gasteiger partial charge in [0, 0.05) is 24.1 Å². The zero-order valence-electron chi connectivity index (χ0n) is 15.5. The zero-order chi connectivity index (χ0) is 16.3. The van der Waals surface area contributed by atoms with Gasteiger partial charge in [0.05, 0.1) is 0 Å². The third-order valence-electron chi connectivity index (χ3n) is 3.92. The molecule has 0 aromatic heterocycles. The van der Waals surface area contributed by atoms with Crippen molar-refractivity contribution in [2.75, 3.05) is 30.3 Å². The number of rotatable bonds is 18. The number of hydrogen-bond donors (Lipinski definition) is 1. The van der Waals surface area contributed by atoms with Crippen molar-refractivity contribution in [2.45, 2.75) is 90.2 Å². The van der Waals surface area contributed by atoms with Crippen molar-refractivity contribution in [1.82, 2.24) is 5.32 Å². The SMILES string of the molecule is CCCCCCCC(CNCCSCCCC)SCCCC. The lowest BCUT2D eigenvalue weighted by atomic mass is 10.1. The third kappa shape index (κ3) is 17.0. The minimum Gasteiger partial charge on any atom is -0.315 e. The molecule has 0 heterocycles. The molecule has 0 aliphatic rings. The Balaban J connectivity index is 3.63. The van der Waals surface area contributed by atoms with Crippen LogP contribution in [0.2, 0.25) is 0 Å². The molecule has 0 amide bonds. The van der Waals surface area contributed by atoms with Gasteiger partial charge in [0.1, 0.15) is 0 Å². The minimum absolute atomic E-state index is 0.841. The Morgan fingerprint density at radius 2 is 1.41 bits per heavy atom. The number of thioether (sulfide) groups is 2. The largest absolute Gasteiger partial charge is 0.315 e. The van der Waals surface area contributed by atoms with Crippen LogP contribution in [0.3, 0.4) is 0 Å². The molecule has 1 N–H and O–H groups in total. The Labute approximate surface area is 149 Å². The van der Waals surface area contributed by atoms with Crippen LogP contribution in [-0.4, -0.2) is 35.6 Å². The molecule has 3 heteroatoms. The van der Waals surface area contributed by atoms with Crippen molar-refractivity contribution in [2.24, 2.45) is 0 Å². The van der Waals surface area contributed by atoms with E-state index in [0.29, 0.717) is 0 Å². The molecule has 0 aromatic rings. The maximum Gasteiger partial charge on any atom is 0.0172 e. The van der Waals surface area contributed by atoms with E-state index in [-0.39, 0.29) is 0 Å². The summed E-state index contributed by atoms with van der Waals surface area (Å²) in [5, 5.41) is 4.54. The fraction of sp³-hybridized carbons (Fsp3) is 1.00. The molecular formula is C19H41NS2. The van der Waals surface area contributed by atoms with Gasteiger partial charge in [-0.2, -0.15) is 23.5 Å². The van der Waals surface area contributed by atoms with Crippen LogP contribution in [0.25, 0.3) is 0 Å². The predicted molar refractivity (Wildman–Crippen MR) is 110 cm³/mol. The first-order chi connectivity index (χ1) is 10.8. The van der Waals surface area contributed by atoms with E-state index in [1.165, 1.54) is 94.6 Å². The van der Waals surface area contributed by atoms with Gasteiger partial charge in [0.2, 0.25) is 0 Å². The van der Waals surface area contributed by atoms with E-state index in [4.69, 9.17) is 0 Å². The summed E-state index contributed by atoms with van der Waals surface area (Å²) in [6, 6.07) is 0. The van der Waals surface area contributed by atoms with Gasteiger partial charge in [0.25, 0.3) is 0 Å². The molecule has 1 atom stereocenters.